The first-order valence-electron chi connectivity index (χ1n) is 9.34. The number of para-hydroxylation sites is 1. The zero-order valence-electron chi connectivity index (χ0n) is 14.3. The van der Waals surface area contributed by atoms with Gasteiger partial charge in [0.2, 0.25) is 0 Å². The minimum absolute atomic E-state index is 0.00976. The lowest BCUT2D eigenvalue weighted by Crippen LogP contribution is -2.26. The lowest BCUT2D eigenvalue weighted by molar-refractivity contribution is 0.243. The summed E-state index contributed by atoms with van der Waals surface area (Å²) in [6, 6.07) is 16.8. The minimum atomic E-state index is -0.00976. The number of aromatic nitrogens is 1. The van der Waals surface area contributed by atoms with Crippen LogP contribution in [0.2, 0.25) is 0 Å². The second kappa shape index (κ2) is 5.76. The largest absolute Gasteiger partial charge is 0.333 e. The maximum atomic E-state index is 12.9. The number of carbonyl (C=O) groups is 1. The molecule has 0 atom stereocenters. The second-order valence-electron chi connectivity index (χ2n) is 7.27. The molecule has 3 aromatic rings. The smallest absolute Gasteiger partial charge is 0.326 e. The van der Waals surface area contributed by atoms with Crippen LogP contribution in [-0.2, 0) is 6.54 Å². The van der Waals surface area contributed by atoms with Gasteiger partial charge in [-0.3, -0.25) is 4.57 Å². The van der Waals surface area contributed by atoms with Crippen LogP contribution in [0.3, 0.4) is 0 Å². The Hall–Kier alpha value is -2.55. The van der Waals surface area contributed by atoms with E-state index in [1.165, 1.54) is 54.2 Å². The molecule has 1 amide bonds. The number of nitrogens with one attached hydrogen (secondary N) is 1. The van der Waals surface area contributed by atoms with Gasteiger partial charge >= 0.3 is 6.03 Å². The van der Waals surface area contributed by atoms with Crippen LogP contribution in [0.5, 0.6) is 0 Å². The zero-order chi connectivity index (χ0) is 16.8. The molecule has 0 bridgehead atoms. The Morgan fingerprint density at radius 1 is 0.920 bits per heavy atom. The van der Waals surface area contributed by atoms with Crippen LogP contribution in [0.15, 0.2) is 48.5 Å². The summed E-state index contributed by atoms with van der Waals surface area (Å²) in [7, 11) is 0. The summed E-state index contributed by atoms with van der Waals surface area (Å²) >= 11 is 0. The van der Waals surface area contributed by atoms with Gasteiger partial charge in [-0.2, -0.15) is 0 Å². The van der Waals surface area contributed by atoms with Crippen molar-refractivity contribution in [3.8, 4) is 11.3 Å². The molecule has 3 nitrogen and oxygen atoms in total. The van der Waals surface area contributed by atoms with Crippen molar-refractivity contribution in [1.29, 1.82) is 0 Å². The molecule has 2 aliphatic rings. The molecule has 1 aliphatic heterocycles. The number of rotatable bonds is 1. The van der Waals surface area contributed by atoms with E-state index in [4.69, 9.17) is 0 Å². The van der Waals surface area contributed by atoms with Crippen LogP contribution >= 0.6 is 0 Å². The Morgan fingerprint density at radius 3 is 2.56 bits per heavy atom. The van der Waals surface area contributed by atoms with Crippen molar-refractivity contribution in [2.45, 2.75) is 44.6 Å². The van der Waals surface area contributed by atoms with E-state index < -0.39 is 0 Å². The average molecular weight is 330 g/mol. The molecular weight excluding hydrogens is 308 g/mol. The van der Waals surface area contributed by atoms with Gasteiger partial charge in [0.25, 0.3) is 0 Å². The number of hydrogen-bond donors (Lipinski definition) is 1. The molecule has 0 unspecified atom stereocenters. The van der Waals surface area contributed by atoms with E-state index in [1.807, 2.05) is 10.6 Å². The van der Waals surface area contributed by atoms with E-state index in [1.54, 1.807) is 0 Å². The molecule has 1 aromatic heterocycles. The van der Waals surface area contributed by atoms with Gasteiger partial charge in [-0.25, -0.2) is 4.79 Å². The van der Waals surface area contributed by atoms with Crippen molar-refractivity contribution in [1.82, 2.24) is 9.88 Å². The molecule has 1 N–H and O–H groups in total. The number of amides is 1. The van der Waals surface area contributed by atoms with Crippen molar-refractivity contribution in [3.05, 3.63) is 59.7 Å². The van der Waals surface area contributed by atoms with Gasteiger partial charge in [0.1, 0.15) is 0 Å². The zero-order valence-corrected chi connectivity index (χ0v) is 14.3. The molecule has 3 heteroatoms. The highest BCUT2D eigenvalue weighted by atomic mass is 16.2. The third-order valence-corrected chi connectivity index (χ3v) is 5.83. The van der Waals surface area contributed by atoms with Crippen molar-refractivity contribution in [2.75, 3.05) is 0 Å². The first kappa shape index (κ1) is 14.8. The van der Waals surface area contributed by atoms with E-state index in [0.29, 0.717) is 12.5 Å². The predicted molar refractivity (Wildman–Crippen MR) is 101 cm³/mol. The highest BCUT2D eigenvalue weighted by molar-refractivity contribution is 6.02. The molecule has 0 saturated heterocycles. The molecular formula is C22H22N2O. The topological polar surface area (TPSA) is 34.0 Å². The fraction of sp³-hybridized carbons (Fsp3) is 0.318. The van der Waals surface area contributed by atoms with Crippen molar-refractivity contribution in [3.63, 3.8) is 0 Å². The molecule has 1 fully saturated rings. The maximum absolute atomic E-state index is 12.9. The summed E-state index contributed by atoms with van der Waals surface area (Å²) in [5.41, 5.74) is 5.96. The standard InChI is InChI=1S/C22H22N2O/c25-22-23-14-16-10-4-5-11-17(16)21-20(15-8-2-1-3-9-15)18-12-6-7-13-19(18)24(21)22/h4-7,10-13,15H,1-3,8-9,14H2,(H,23,25). The monoisotopic (exact) mass is 330 g/mol. The van der Waals surface area contributed by atoms with Crippen LogP contribution in [0, 0.1) is 0 Å². The van der Waals surface area contributed by atoms with Gasteiger partial charge in [-0.15, -0.1) is 0 Å². The number of carbonyl (C=O) groups excluding carboxylic acids is 1. The summed E-state index contributed by atoms with van der Waals surface area (Å²) < 4.78 is 1.92. The number of fused-ring (bicyclic) bond motifs is 5. The number of benzene rings is 2. The quantitative estimate of drug-likeness (QED) is 0.634. The lowest BCUT2D eigenvalue weighted by atomic mass is 9.81. The minimum Gasteiger partial charge on any atom is -0.333 e. The van der Waals surface area contributed by atoms with Gasteiger partial charge < -0.3 is 5.32 Å². The van der Waals surface area contributed by atoms with Crippen molar-refractivity contribution >= 4 is 16.9 Å². The van der Waals surface area contributed by atoms with Crippen LogP contribution < -0.4 is 5.32 Å². The molecule has 0 radical (unpaired) electrons. The van der Waals surface area contributed by atoms with Gasteiger partial charge in [-0.05, 0) is 36.0 Å². The van der Waals surface area contributed by atoms with Crippen LogP contribution in [0.25, 0.3) is 22.2 Å². The van der Waals surface area contributed by atoms with Gasteiger partial charge in [0.15, 0.2) is 0 Å². The molecule has 25 heavy (non-hydrogen) atoms. The van der Waals surface area contributed by atoms with Gasteiger partial charge in [0.05, 0.1) is 11.2 Å². The fourth-order valence-corrected chi connectivity index (χ4v) is 4.70. The molecule has 1 saturated carbocycles. The van der Waals surface area contributed by atoms with E-state index in [-0.39, 0.29) is 6.03 Å². The number of nitrogens with zero attached hydrogens (tertiary/aromatic N) is 1. The summed E-state index contributed by atoms with van der Waals surface area (Å²) in [5, 5.41) is 4.34. The van der Waals surface area contributed by atoms with Crippen molar-refractivity contribution in [2.24, 2.45) is 0 Å². The fourth-order valence-electron chi connectivity index (χ4n) is 4.70. The Balaban J connectivity index is 1.88. The summed E-state index contributed by atoms with van der Waals surface area (Å²) in [6.07, 6.45) is 6.37. The summed E-state index contributed by atoms with van der Waals surface area (Å²) in [4.78, 5) is 12.9. The van der Waals surface area contributed by atoms with Gasteiger partial charge in [-0.1, -0.05) is 61.7 Å². The van der Waals surface area contributed by atoms with Crippen molar-refractivity contribution < 1.29 is 4.79 Å². The summed E-state index contributed by atoms with van der Waals surface area (Å²) in [5.74, 6) is 0.550. The summed E-state index contributed by atoms with van der Waals surface area (Å²) in [6.45, 7) is 0.592. The number of hydrogen-bond acceptors (Lipinski definition) is 1. The first-order valence-corrected chi connectivity index (χ1v) is 9.34. The molecule has 5 rings (SSSR count). The van der Waals surface area contributed by atoms with E-state index >= 15 is 0 Å². The Labute approximate surface area is 147 Å². The molecule has 0 spiro atoms. The first-order chi connectivity index (χ1) is 12.3. The highest BCUT2D eigenvalue weighted by Crippen LogP contribution is 2.45. The highest BCUT2D eigenvalue weighted by Gasteiger charge is 2.30. The van der Waals surface area contributed by atoms with Crippen LogP contribution in [-0.4, -0.2) is 10.6 Å². The molecule has 126 valence electrons. The molecule has 2 aromatic carbocycles. The Bertz CT molecular complexity index is 963. The predicted octanol–water partition coefficient (Wildman–Crippen LogP) is 5.43. The third kappa shape index (κ3) is 2.22. The van der Waals surface area contributed by atoms with Gasteiger partial charge in [0, 0.05) is 17.5 Å². The SMILES string of the molecule is O=C1NCc2ccccc2-c2c(C3CCCCC3)c3ccccc3n21. The Kier molecular flexibility index (Phi) is 3.40. The van der Waals surface area contributed by atoms with Crippen LogP contribution in [0.4, 0.5) is 4.79 Å². The van der Waals surface area contributed by atoms with E-state index in [9.17, 15) is 4.79 Å². The average Bonchev–Trinajstić information content (AvgIpc) is 2.94. The third-order valence-electron chi connectivity index (χ3n) is 5.83. The Morgan fingerprint density at radius 2 is 1.68 bits per heavy atom. The second-order valence-corrected chi connectivity index (χ2v) is 7.27. The normalized spacial score (nSPS) is 17.7. The lowest BCUT2D eigenvalue weighted by Gasteiger charge is -2.23. The van der Waals surface area contributed by atoms with E-state index in [0.717, 1.165) is 11.2 Å². The van der Waals surface area contributed by atoms with Crippen LogP contribution in [0.1, 0.15) is 49.1 Å². The van der Waals surface area contributed by atoms with E-state index in [2.05, 4.69) is 47.8 Å². The maximum Gasteiger partial charge on any atom is 0.326 e. The molecule has 1 aliphatic carbocycles. The molecule has 2 heterocycles.